The first-order chi connectivity index (χ1) is 7.26. The van der Waals surface area contributed by atoms with Crippen LogP contribution in [-0.2, 0) is 4.79 Å². The molecule has 0 radical (unpaired) electrons. The summed E-state index contributed by atoms with van der Waals surface area (Å²) in [5.41, 5.74) is 1.47. The van der Waals surface area contributed by atoms with Crippen molar-refractivity contribution in [1.82, 2.24) is 4.90 Å². The maximum Gasteiger partial charge on any atom is 0.124 e. The minimum atomic E-state index is 0.190. The molecule has 2 nitrogen and oxygen atoms in total. The van der Waals surface area contributed by atoms with E-state index in [1.165, 1.54) is 12.0 Å². The normalized spacial score (nSPS) is 17.7. The van der Waals surface area contributed by atoms with Crippen LogP contribution < -0.4 is 0 Å². The average molecular weight is 207 g/mol. The van der Waals surface area contributed by atoms with Crippen molar-refractivity contribution in [1.29, 1.82) is 0 Å². The van der Waals surface area contributed by atoms with Crippen molar-refractivity contribution < 1.29 is 4.79 Å². The van der Waals surface area contributed by atoms with Crippen LogP contribution in [0.1, 0.15) is 26.2 Å². The zero-order valence-corrected chi connectivity index (χ0v) is 9.78. The second-order valence-electron chi connectivity index (χ2n) is 4.29. The van der Waals surface area contributed by atoms with Gasteiger partial charge in [0.1, 0.15) is 6.29 Å². The lowest BCUT2D eigenvalue weighted by Gasteiger charge is -2.21. The van der Waals surface area contributed by atoms with Gasteiger partial charge in [0.15, 0.2) is 0 Å². The molecule has 1 unspecified atom stereocenters. The van der Waals surface area contributed by atoms with Gasteiger partial charge in [-0.25, -0.2) is 0 Å². The van der Waals surface area contributed by atoms with Crippen molar-refractivity contribution in [2.24, 2.45) is 5.92 Å². The number of aldehydes is 1. The van der Waals surface area contributed by atoms with Crippen LogP contribution in [0.25, 0.3) is 0 Å². The Kier molecular flexibility index (Phi) is 5.33. The molecule has 0 bridgehead atoms. The van der Waals surface area contributed by atoms with Crippen LogP contribution in [0.15, 0.2) is 23.8 Å². The van der Waals surface area contributed by atoms with Crippen LogP contribution in [-0.4, -0.2) is 31.3 Å². The number of carbonyl (C=O) groups is 1. The second kappa shape index (κ2) is 6.57. The highest BCUT2D eigenvalue weighted by molar-refractivity contribution is 5.53. The largest absolute Gasteiger partial charge is 0.303 e. The van der Waals surface area contributed by atoms with Gasteiger partial charge >= 0.3 is 0 Å². The van der Waals surface area contributed by atoms with Crippen LogP contribution in [0.2, 0.25) is 0 Å². The Morgan fingerprint density at radius 2 is 2.40 bits per heavy atom. The standard InChI is InChI=1S/C13H21NO/c1-3-12(11-15)9-14(2)10-13-7-5-4-6-8-13/h4-5,7,11-12H,3,6,8-10H2,1-2H3. The monoisotopic (exact) mass is 207 g/mol. The first-order valence-corrected chi connectivity index (χ1v) is 5.74. The Bertz CT molecular complexity index is 255. The summed E-state index contributed by atoms with van der Waals surface area (Å²) in [4.78, 5) is 13.0. The minimum Gasteiger partial charge on any atom is -0.303 e. The highest BCUT2D eigenvalue weighted by atomic mass is 16.1. The number of allylic oxidation sites excluding steroid dienone is 3. The molecule has 1 atom stereocenters. The maximum atomic E-state index is 10.7. The van der Waals surface area contributed by atoms with Gasteiger partial charge in [0.25, 0.3) is 0 Å². The van der Waals surface area contributed by atoms with Gasteiger partial charge in [-0.1, -0.05) is 30.7 Å². The summed E-state index contributed by atoms with van der Waals surface area (Å²) in [6.07, 6.45) is 10.9. The zero-order chi connectivity index (χ0) is 11.1. The van der Waals surface area contributed by atoms with Crippen LogP contribution in [0.5, 0.6) is 0 Å². The second-order valence-corrected chi connectivity index (χ2v) is 4.29. The first-order valence-electron chi connectivity index (χ1n) is 5.74. The minimum absolute atomic E-state index is 0.190. The lowest BCUT2D eigenvalue weighted by Crippen LogP contribution is -2.28. The molecule has 0 saturated carbocycles. The Morgan fingerprint density at radius 1 is 1.60 bits per heavy atom. The van der Waals surface area contributed by atoms with Crippen LogP contribution in [0, 0.1) is 5.92 Å². The summed E-state index contributed by atoms with van der Waals surface area (Å²) >= 11 is 0. The van der Waals surface area contributed by atoms with E-state index in [0.29, 0.717) is 0 Å². The molecule has 1 rings (SSSR count). The molecule has 0 aromatic rings. The van der Waals surface area contributed by atoms with E-state index in [4.69, 9.17) is 0 Å². The first kappa shape index (κ1) is 12.2. The Hall–Kier alpha value is -0.890. The molecule has 0 amide bonds. The molecule has 0 aromatic heterocycles. The third-order valence-electron chi connectivity index (χ3n) is 2.84. The van der Waals surface area contributed by atoms with Gasteiger partial charge in [-0.3, -0.25) is 0 Å². The lowest BCUT2D eigenvalue weighted by molar-refractivity contribution is -0.111. The molecular weight excluding hydrogens is 186 g/mol. The van der Waals surface area contributed by atoms with E-state index in [-0.39, 0.29) is 5.92 Å². The highest BCUT2D eigenvalue weighted by Gasteiger charge is 2.10. The van der Waals surface area contributed by atoms with E-state index >= 15 is 0 Å². The lowest BCUT2D eigenvalue weighted by atomic mass is 10.0. The Balaban J connectivity index is 2.34. The molecule has 0 aromatic carbocycles. The summed E-state index contributed by atoms with van der Waals surface area (Å²) in [6.45, 7) is 3.94. The SMILES string of the molecule is CCC(C=O)CN(C)CC1=CC=CCC1. The van der Waals surface area contributed by atoms with Crippen molar-refractivity contribution in [3.8, 4) is 0 Å². The van der Waals surface area contributed by atoms with Crippen LogP contribution in [0.3, 0.4) is 0 Å². The highest BCUT2D eigenvalue weighted by Crippen LogP contribution is 2.13. The molecule has 2 heteroatoms. The fourth-order valence-electron chi connectivity index (χ4n) is 1.86. The molecule has 0 fully saturated rings. The summed E-state index contributed by atoms with van der Waals surface area (Å²) in [7, 11) is 2.09. The third kappa shape index (κ3) is 4.43. The summed E-state index contributed by atoms with van der Waals surface area (Å²) in [5, 5.41) is 0. The molecule has 0 spiro atoms. The fraction of sp³-hybridized carbons (Fsp3) is 0.615. The predicted molar refractivity (Wildman–Crippen MR) is 63.8 cm³/mol. The van der Waals surface area contributed by atoms with Gasteiger partial charge in [0.2, 0.25) is 0 Å². The average Bonchev–Trinajstić information content (AvgIpc) is 2.27. The molecule has 15 heavy (non-hydrogen) atoms. The van der Waals surface area contributed by atoms with Crippen LogP contribution in [0.4, 0.5) is 0 Å². The van der Waals surface area contributed by atoms with Gasteiger partial charge in [0.05, 0.1) is 0 Å². The molecule has 0 saturated heterocycles. The van der Waals surface area contributed by atoms with Crippen molar-refractivity contribution in [3.05, 3.63) is 23.8 Å². The van der Waals surface area contributed by atoms with Gasteiger partial charge in [-0.05, 0) is 26.3 Å². The summed E-state index contributed by atoms with van der Waals surface area (Å²) < 4.78 is 0. The van der Waals surface area contributed by atoms with Gasteiger partial charge in [0, 0.05) is 19.0 Å². The van der Waals surface area contributed by atoms with Crippen molar-refractivity contribution >= 4 is 6.29 Å². The predicted octanol–water partition coefficient (Wildman–Crippen LogP) is 2.42. The third-order valence-corrected chi connectivity index (χ3v) is 2.84. The number of nitrogens with zero attached hydrogens (tertiary/aromatic N) is 1. The molecule has 0 heterocycles. The van der Waals surface area contributed by atoms with E-state index in [1.807, 2.05) is 0 Å². The molecule has 0 aliphatic heterocycles. The smallest absolute Gasteiger partial charge is 0.124 e. The van der Waals surface area contributed by atoms with Gasteiger partial charge < -0.3 is 9.69 Å². The Labute approximate surface area is 92.7 Å². The summed E-state index contributed by atoms with van der Waals surface area (Å²) in [5.74, 6) is 0.190. The quantitative estimate of drug-likeness (QED) is 0.623. The van der Waals surface area contributed by atoms with Crippen molar-refractivity contribution in [3.63, 3.8) is 0 Å². The van der Waals surface area contributed by atoms with Gasteiger partial charge in [-0.2, -0.15) is 0 Å². The number of hydrogen-bond acceptors (Lipinski definition) is 2. The van der Waals surface area contributed by atoms with E-state index < -0.39 is 0 Å². The van der Waals surface area contributed by atoms with E-state index in [1.54, 1.807) is 0 Å². The van der Waals surface area contributed by atoms with Gasteiger partial charge in [-0.15, -0.1) is 0 Å². The molecule has 1 aliphatic rings. The number of hydrogen-bond donors (Lipinski definition) is 0. The topological polar surface area (TPSA) is 20.3 Å². The fourth-order valence-corrected chi connectivity index (χ4v) is 1.86. The number of carbonyl (C=O) groups excluding carboxylic acids is 1. The number of likely N-dealkylation sites (N-methyl/N-ethyl adjacent to an activating group) is 1. The molecular formula is C13H21NO. The summed E-state index contributed by atoms with van der Waals surface area (Å²) in [6, 6.07) is 0. The Morgan fingerprint density at radius 3 is 2.93 bits per heavy atom. The zero-order valence-electron chi connectivity index (χ0n) is 9.78. The van der Waals surface area contributed by atoms with E-state index in [9.17, 15) is 4.79 Å². The molecule has 1 aliphatic carbocycles. The van der Waals surface area contributed by atoms with Crippen molar-refractivity contribution in [2.45, 2.75) is 26.2 Å². The maximum absolute atomic E-state index is 10.7. The van der Waals surface area contributed by atoms with E-state index in [0.717, 1.165) is 32.2 Å². The number of rotatable bonds is 6. The van der Waals surface area contributed by atoms with Crippen molar-refractivity contribution in [2.75, 3.05) is 20.1 Å². The molecule has 0 N–H and O–H groups in total. The molecule has 84 valence electrons. The van der Waals surface area contributed by atoms with Crippen LogP contribution >= 0.6 is 0 Å². The van der Waals surface area contributed by atoms with E-state index in [2.05, 4.69) is 37.1 Å².